The van der Waals surface area contributed by atoms with Gasteiger partial charge in [-0.25, -0.2) is 0 Å². The molecule has 0 spiro atoms. The topological polar surface area (TPSA) is 12.0 Å². The molecule has 1 N–H and O–H groups in total. The maximum absolute atomic E-state index is 6.13. The molecule has 0 heterocycles. The van der Waals surface area contributed by atoms with E-state index in [4.69, 9.17) is 23.2 Å². The molecular formula is C12H16BrCl2N. The largest absolute Gasteiger partial charge is 0.306 e. The molecule has 0 saturated heterocycles. The van der Waals surface area contributed by atoms with Crippen molar-refractivity contribution in [2.45, 2.75) is 38.2 Å². The van der Waals surface area contributed by atoms with Gasteiger partial charge in [-0.2, -0.15) is 0 Å². The Morgan fingerprint density at radius 3 is 2.56 bits per heavy atom. The minimum Gasteiger partial charge on any atom is -0.306 e. The zero-order valence-corrected chi connectivity index (χ0v) is 12.7. The van der Waals surface area contributed by atoms with E-state index in [-0.39, 0.29) is 10.9 Å². The van der Waals surface area contributed by atoms with Crippen molar-refractivity contribution >= 4 is 39.1 Å². The van der Waals surface area contributed by atoms with E-state index in [2.05, 4.69) is 35.1 Å². The van der Waals surface area contributed by atoms with Gasteiger partial charge in [0, 0.05) is 27.0 Å². The van der Waals surface area contributed by atoms with E-state index in [1.807, 2.05) is 25.1 Å². The van der Waals surface area contributed by atoms with E-state index in [0.717, 1.165) is 21.6 Å². The van der Waals surface area contributed by atoms with Gasteiger partial charge in [0.15, 0.2) is 0 Å². The molecule has 0 fully saturated rings. The molecule has 1 unspecified atom stereocenters. The van der Waals surface area contributed by atoms with Crippen molar-refractivity contribution in [1.82, 2.24) is 5.32 Å². The summed E-state index contributed by atoms with van der Waals surface area (Å²) >= 11 is 15.6. The first-order valence-electron chi connectivity index (χ1n) is 5.16. The molecular weight excluding hydrogens is 309 g/mol. The molecule has 0 aliphatic carbocycles. The van der Waals surface area contributed by atoms with Crippen molar-refractivity contribution in [3.8, 4) is 0 Å². The van der Waals surface area contributed by atoms with E-state index in [0.29, 0.717) is 0 Å². The summed E-state index contributed by atoms with van der Waals surface area (Å²) < 4.78 is 0.992. The van der Waals surface area contributed by atoms with Gasteiger partial charge in [-0.15, -0.1) is 11.6 Å². The zero-order chi connectivity index (χ0) is 12.3. The molecule has 1 aromatic carbocycles. The summed E-state index contributed by atoms with van der Waals surface area (Å²) in [4.78, 5) is 0. The molecule has 1 atom stereocenters. The van der Waals surface area contributed by atoms with Crippen LogP contribution in [0.5, 0.6) is 0 Å². The third-order valence-electron chi connectivity index (χ3n) is 2.74. The van der Waals surface area contributed by atoms with E-state index < -0.39 is 0 Å². The Hall–Kier alpha value is 0.240. The van der Waals surface area contributed by atoms with Gasteiger partial charge >= 0.3 is 0 Å². The molecule has 0 aliphatic heterocycles. The van der Waals surface area contributed by atoms with E-state index in [9.17, 15) is 0 Å². The summed E-state index contributed by atoms with van der Waals surface area (Å²) in [7, 11) is 0. The van der Waals surface area contributed by atoms with Crippen molar-refractivity contribution in [2.75, 3.05) is 0 Å². The van der Waals surface area contributed by atoms with Crippen molar-refractivity contribution in [3.05, 3.63) is 33.3 Å². The van der Waals surface area contributed by atoms with Gasteiger partial charge in [-0.3, -0.25) is 0 Å². The molecule has 0 aromatic heterocycles. The number of benzene rings is 1. The lowest BCUT2D eigenvalue weighted by molar-refractivity contribution is 0.380. The number of nitrogens with one attached hydrogen (secondary N) is 1. The molecule has 0 aliphatic rings. The quantitative estimate of drug-likeness (QED) is 0.798. The third-order valence-corrected chi connectivity index (χ3v) is 4.13. The zero-order valence-electron chi connectivity index (χ0n) is 9.65. The fourth-order valence-corrected chi connectivity index (χ4v) is 1.95. The van der Waals surface area contributed by atoms with Crippen LogP contribution < -0.4 is 5.32 Å². The van der Waals surface area contributed by atoms with Crippen LogP contribution in [0.3, 0.4) is 0 Å². The Bertz CT molecular complexity index is 364. The molecule has 0 amide bonds. The lowest BCUT2D eigenvalue weighted by Crippen LogP contribution is -2.45. The molecule has 0 radical (unpaired) electrons. The van der Waals surface area contributed by atoms with Crippen LogP contribution in [-0.4, -0.2) is 10.9 Å². The first kappa shape index (κ1) is 14.3. The molecule has 1 rings (SSSR count). The van der Waals surface area contributed by atoms with Gasteiger partial charge in [0.1, 0.15) is 0 Å². The molecule has 90 valence electrons. The van der Waals surface area contributed by atoms with Crippen LogP contribution in [0.1, 0.15) is 26.3 Å². The number of hydrogen-bond donors (Lipinski definition) is 1. The van der Waals surface area contributed by atoms with Crippen LogP contribution in [0.4, 0.5) is 0 Å². The fourth-order valence-electron chi connectivity index (χ4n) is 1.13. The number of hydrogen-bond acceptors (Lipinski definition) is 1. The van der Waals surface area contributed by atoms with Crippen LogP contribution in [0.25, 0.3) is 0 Å². The van der Waals surface area contributed by atoms with Crippen molar-refractivity contribution < 1.29 is 0 Å². The van der Waals surface area contributed by atoms with E-state index in [1.165, 1.54) is 0 Å². The minimum absolute atomic E-state index is 0.0572. The van der Waals surface area contributed by atoms with Gasteiger partial charge < -0.3 is 5.32 Å². The predicted molar refractivity (Wildman–Crippen MR) is 75.4 cm³/mol. The summed E-state index contributed by atoms with van der Waals surface area (Å²) in [6.45, 7) is 6.86. The van der Waals surface area contributed by atoms with Crippen LogP contribution in [0.2, 0.25) is 5.02 Å². The highest BCUT2D eigenvalue weighted by atomic mass is 79.9. The minimum atomic E-state index is -0.113. The number of rotatable bonds is 4. The SMILES string of the molecule is CC(Cl)C(C)(C)NCc1ccc(Br)cc1Cl. The monoisotopic (exact) mass is 323 g/mol. The lowest BCUT2D eigenvalue weighted by Gasteiger charge is -2.29. The highest BCUT2D eigenvalue weighted by molar-refractivity contribution is 9.10. The second kappa shape index (κ2) is 5.72. The summed E-state index contributed by atoms with van der Waals surface area (Å²) in [6.07, 6.45) is 0. The molecule has 0 bridgehead atoms. The van der Waals surface area contributed by atoms with Crippen LogP contribution in [0, 0.1) is 0 Å². The lowest BCUT2D eigenvalue weighted by atomic mass is 10.0. The molecule has 0 saturated carbocycles. The van der Waals surface area contributed by atoms with Crippen LogP contribution >= 0.6 is 39.1 Å². The maximum Gasteiger partial charge on any atom is 0.0484 e. The summed E-state index contributed by atoms with van der Waals surface area (Å²) in [5, 5.41) is 4.22. The van der Waals surface area contributed by atoms with Gasteiger partial charge in [0.05, 0.1) is 0 Å². The molecule has 1 nitrogen and oxygen atoms in total. The second-order valence-corrected chi connectivity index (χ2v) is 6.40. The summed E-state index contributed by atoms with van der Waals surface area (Å²) in [5.41, 5.74) is 0.966. The smallest absolute Gasteiger partial charge is 0.0484 e. The van der Waals surface area contributed by atoms with Gasteiger partial charge in [0.25, 0.3) is 0 Å². The summed E-state index contributed by atoms with van der Waals surface area (Å²) in [5.74, 6) is 0. The second-order valence-electron chi connectivity index (χ2n) is 4.43. The first-order valence-corrected chi connectivity index (χ1v) is 6.76. The molecule has 4 heteroatoms. The van der Waals surface area contributed by atoms with Crippen LogP contribution in [0.15, 0.2) is 22.7 Å². The first-order chi connectivity index (χ1) is 7.33. The Balaban J connectivity index is 2.68. The van der Waals surface area contributed by atoms with Crippen molar-refractivity contribution in [1.29, 1.82) is 0 Å². The van der Waals surface area contributed by atoms with Gasteiger partial charge in [0.2, 0.25) is 0 Å². The Morgan fingerprint density at radius 2 is 2.06 bits per heavy atom. The highest BCUT2D eigenvalue weighted by Crippen LogP contribution is 2.22. The average molecular weight is 325 g/mol. The number of alkyl halides is 1. The van der Waals surface area contributed by atoms with Gasteiger partial charge in [-0.05, 0) is 38.5 Å². The Kier molecular flexibility index (Phi) is 5.11. The number of halogens is 3. The maximum atomic E-state index is 6.13. The Labute approximate surface area is 116 Å². The van der Waals surface area contributed by atoms with Crippen molar-refractivity contribution in [2.24, 2.45) is 0 Å². The average Bonchev–Trinajstić information content (AvgIpc) is 2.16. The van der Waals surface area contributed by atoms with E-state index >= 15 is 0 Å². The van der Waals surface area contributed by atoms with E-state index in [1.54, 1.807) is 0 Å². The highest BCUT2D eigenvalue weighted by Gasteiger charge is 2.23. The normalized spacial score (nSPS) is 13.9. The van der Waals surface area contributed by atoms with Gasteiger partial charge in [-0.1, -0.05) is 33.6 Å². The molecule has 16 heavy (non-hydrogen) atoms. The fraction of sp³-hybridized carbons (Fsp3) is 0.500. The summed E-state index contributed by atoms with van der Waals surface area (Å²) in [6, 6.07) is 5.89. The molecule has 1 aromatic rings. The standard InChI is InChI=1S/C12H16BrCl2N/c1-8(14)12(2,3)16-7-9-4-5-10(13)6-11(9)15/h4-6,8,16H,7H2,1-3H3. The third kappa shape index (κ3) is 3.92. The predicted octanol–water partition coefficient (Wildman–Crippen LogP) is 4.60. The van der Waals surface area contributed by atoms with Crippen molar-refractivity contribution in [3.63, 3.8) is 0 Å². The van der Waals surface area contributed by atoms with Crippen LogP contribution in [-0.2, 0) is 6.54 Å². The Morgan fingerprint density at radius 1 is 1.44 bits per heavy atom.